The van der Waals surface area contributed by atoms with Crippen LogP contribution in [0.15, 0.2) is 36.4 Å². The second kappa shape index (κ2) is 7.82. The first-order valence-electron chi connectivity index (χ1n) is 6.58. The molecule has 1 aromatic carbocycles. The maximum atomic E-state index is 11.1. The molecule has 0 aliphatic carbocycles. The molecular formula is C15H15F3N2O3S. The number of aliphatic carboxylic acids is 1. The Hall–Kier alpha value is -2.55. The number of amides is 1. The Morgan fingerprint density at radius 2 is 1.71 bits per heavy atom. The summed E-state index contributed by atoms with van der Waals surface area (Å²) in [5, 5.41) is 7.62. The molecule has 1 atom stereocenters. The smallest absolute Gasteiger partial charge is 0.475 e. The highest BCUT2D eigenvalue weighted by molar-refractivity contribution is 7.16. The molecular weight excluding hydrogens is 345 g/mol. The molecule has 1 amide bonds. The van der Waals surface area contributed by atoms with Crippen LogP contribution in [0.4, 0.5) is 18.2 Å². The van der Waals surface area contributed by atoms with Crippen LogP contribution in [-0.4, -0.2) is 23.2 Å². The van der Waals surface area contributed by atoms with Crippen LogP contribution in [0.3, 0.4) is 0 Å². The van der Waals surface area contributed by atoms with Gasteiger partial charge < -0.3 is 16.6 Å². The first-order chi connectivity index (χ1) is 11.0. The maximum Gasteiger partial charge on any atom is 0.490 e. The molecule has 0 saturated heterocycles. The average molecular weight is 360 g/mol. The van der Waals surface area contributed by atoms with E-state index in [1.165, 1.54) is 16.9 Å². The number of benzene rings is 1. The van der Waals surface area contributed by atoms with Crippen LogP contribution >= 0.6 is 11.3 Å². The minimum atomic E-state index is -5.08. The SMILES string of the molecule is CC(c1ccccc1)c1cc(C(N)=O)c(N)s1.O=C(O)C(F)(F)F. The normalized spacial score (nSPS) is 12.0. The van der Waals surface area contributed by atoms with Gasteiger partial charge in [-0.05, 0) is 11.6 Å². The molecule has 1 heterocycles. The van der Waals surface area contributed by atoms with E-state index in [1.807, 2.05) is 18.2 Å². The molecule has 1 aromatic heterocycles. The molecule has 130 valence electrons. The first-order valence-corrected chi connectivity index (χ1v) is 7.39. The number of carboxylic acids is 1. The quantitative estimate of drug-likeness (QED) is 0.781. The van der Waals surface area contributed by atoms with E-state index in [1.54, 1.807) is 6.07 Å². The molecule has 2 aromatic rings. The number of alkyl halides is 3. The lowest BCUT2D eigenvalue weighted by Crippen LogP contribution is -2.21. The molecule has 0 saturated carbocycles. The van der Waals surface area contributed by atoms with Crippen LogP contribution in [0.1, 0.15) is 33.6 Å². The highest BCUT2D eigenvalue weighted by Gasteiger charge is 2.38. The van der Waals surface area contributed by atoms with Crippen LogP contribution in [-0.2, 0) is 4.79 Å². The van der Waals surface area contributed by atoms with Crippen molar-refractivity contribution in [2.75, 3.05) is 5.73 Å². The lowest BCUT2D eigenvalue weighted by molar-refractivity contribution is -0.192. The van der Waals surface area contributed by atoms with Crippen molar-refractivity contribution in [3.63, 3.8) is 0 Å². The number of hydrogen-bond acceptors (Lipinski definition) is 4. The number of hydrogen-bond donors (Lipinski definition) is 3. The van der Waals surface area contributed by atoms with Crippen molar-refractivity contribution in [3.05, 3.63) is 52.4 Å². The van der Waals surface area contributed by atoms with Crippen molar-refractivity contribution in [1.29, 1.82) is 0 Å². The van der Waals surface area contributed by atoms with Gasteiger partial charge in [0.25, 0.3) is 5.91 Å². The standard InChI is InChI=1S/C13H14N2OS.C2HF3O2/c1-8(9-5-3-2-4-6-9)11-7-10(12(14)16)13(15)17-11;3-2(4,5)1(6)7/h2-8H,15H2,1H3,(H2,14,16);(H,6,7). The van der Waals surface area contributed by atoms with E-state index in [0.29, 0.717) is 10.6 Å². The minimum Gasteiger partial charge on any atom is -0.475 e. The van der Waals surface area contributed by atoms with Crippen molar-refractivity contribution in [1.82, 2.24) is 0 Å². The number of carbonyl (C=O) groups excluding carboxylic acids is 1. The molecule has 0 aliphatic rings. The highest BCUT2D eigenvalue weighted by atomic mass is 32.1. The number of nitrogen functional groups attached to an aromatic ring is 1. The average Bonchev–Trinajstić information content (AvgIpc) is 2.89. The van der Waals surface area contributed by atoms with Gasteiger partial charge in [-0.15, -0.1) is 11.3 Å². The molecule has 5 nitrogen and oxygen atoms in total. The predicted molar refractivity (Wildman–Crippen MR) is 84.9 cm³/mol. The predicted octanol–water partition coefficient (Wildman–Crippen LogP) is 3.21. The monoisotopic (exact) mass is 360 g/mol. The van der Waals surface area contributed by atoms with Crippen molar-refractivity contribution in [2.45, 2.75) is 19.0 Å². The summed E-state index contributed by atoms with van der Waals surface area (Å²) >= 11 is 1.42. The van der Waals surface area contributed by atoms with Crippen LogP contribution < -0.4 is 11.5 Å². The number of halogens is 3. The fraction of sp³-hybridized carbons (Fsp3) is 0.200. The largest absolute Gasteiger partial charge is 0.490 e. The summed E-state index contributed by atoms with van der Waals surface area (Å²) in [6, 6.07) is 11.9. The Morgan fingerprint density at radius 3 is 2.08 bits per heavy atom. The van der Waals surface area contributed by atoms with Crippen LogP contribution in [0, 0.1) is 0 Å². The molecule has 5 N–H and O–H groups in total. The Kier molecular flexibility index (Phi) is 6.35. The van der Waals surface area contributed by atoms with Gasteiger partial charge in [0.05, 0.1) is 10.6 Å². The van der Waals surface area contributed by atoms with Gasteiger partial charge in [0.15, 0.2) is 0 Å². The van der Waals surface area contributed by atoms with E-state index < -0.39 is 18.1 Å². The van der Waals surface area contributed by atoms with Gasteiger partial charge in [0.1, 0.15) is 0 Å². The lowest BCUT2D eigenvalue weighted by atomic mass is 9.99. The van der Waals surface area contributed by atoms with E-state index in [4.69, 9.17) is 21.4 Å². The summed E-state index contributed by atoms with van der Waals surface area (Å²) in [5.74, 6) is -3.01. The molecule has 0 aliphatic heterocycles. The molecule has 1 unspecified atom stereocenters. The Balaban J connectivity index is 0.000000351. The summed E-state index contributed by atoms with van der Waals surface area (Å²) in [4.78, 5) is 21.1. The van der Waals surface area contributed by atoms with Crippen molar-refractivity contribution < 1.29 is 27.9 Å². The van der Waals surface area contributed by atoms with E-state index in [0.717, 1.165) is 4.88 Å². The van der Waals surface area contributed by atoms with Gasteiger partial charge in [-0.1, -0.05) is 37.3 Å². The number of rotatable bonds is 3. The molecule has 9 heteroatoms. The molecule has 0 radical (unpaired) electrons. The van der Waals surface area contributed by atoms with Crippen LogP contribution in [0.5, 0.6) is 0 Å². The van der Waals surface area contributed by atoms with Crippen molar-refractivity contribution >= 4 is 28.2 Å². The van der Waals surface area contributed by atoms with E-state index >= 15 is 0 Å². The Bertz CT molecular complexity index is 714. The van der Waals surface area contributed by atoms with Gasteiger partial charge in [-0.3, -0.25) is 4.79 Å². The van der Waals surface area contributed by atoms with Gasteiger partial charge in [0, 0.05) is 10.8 Å². The van der Waals surface area contributed by atoms with Crippen molar-refractivity contribution in [3.8, 4) is 0 Å². The Labute approximate surface area is 139 Å². The van der Waals surface area contributed by atoms with Crippen LogP contribution in [0.25, 0.3) is 0 Å². The third-order valence-electron chi connectivity index (χ3n) is 3.01. The van der Waals surface area contributed by atoms with Crippen molar-refractivity contribution in [2.24, 2.45) is 5.73 Å². The number of thiophene rings is 1. The molecule has 0 bridgehead atoms. The summed E-state index contributed by atoms with van der Waals surface area (Å²) in [5.41, 5.74) is 12.7. The third-order valence-corrected chi connectivity index (χ3v) is 4.16. The topological polar surface area (TPSA) is 106 Å². The summed E-state index contributed by atoms with van der Waals surface area (Å²) in [6.07, 6.45) is -5.08. The summed E-state index contributed by atoms with van der Waals surface area (Å²) in [6.45, 7) is 2.09. The van der Waals surface area contributed by atoms with Gasteiger partial charge in [-0.25, -0.2) is 4.79 Å². The number of carbonyl (C=O) groups is 2. The van der Waals surface area contributed by atoms with Gasteiger partial charge in [0.2, 0.25) is 0 Å². The lowest BCUT2D eigenvalue weighted by Gasteiger charge is -2.08. The number of anilines is 1. The fourth-order valence-electron chi connectivity index (χ4n) is 1.74. The fourth-order valence-corrected chi connectivity index (χ4v) is 2.75. The highest BCUT2D eigenvalue weighted by Crippen LogP contribution is 2.33. The number of nitrogens with two attached hydrogens (primary N) is 2. The summed E-state index contributed by atoms with van der Waals surface area (Å²) in [7, 11) is 0. The minimum absolute atomic E-state index is 0.219. The number of carboxylic acid groups (broad SMARTS) is 1. The molecule has 0 spiro atoms. The molecule has 24 heavy (non-hydrogen) atoms. The van der Waals surface area contributed by atoms with Crippen LogP contribution in [0.2, 0.25) is 0 Å². The van der Waals surface area contributed by atoms with E-state index in [9.17, 15) is 18.0 Å². The molecule has 0 fully saturated rings. The maximum absolute atomic E-state index is 11.1. The Morgan fingerprint density at radius 1 is 1.21 bits per heavy atom. The van der Waals surface area contributed by atoms with Gasteiger partial charge >= 0.3 is 12.1 Å². The van der Waals surface area contributed by atoms with E-state index in [-0.39, 0.29) is 5.92 Å². The van der Waals surface area contributed by atoms with E-state index in [2.05, 4.69) is 19.1 Å². The zero-order valence-electron chi connectivity index (χ0n) is 12.5. The second-order valence-electron chi connectivity index (χ2n) is 4.73. The molecule has 2 rings (SSSR count). The zero-order valence-corrected chi connectivity index (χ0v) is 13.3. The van der Waals surface area contributed by atoms with Gasteiger partial charge in [-0.2, -0.15) is 13.2 Å². The third kappa shape index (κ3) is 5.27. The first kappa shape index (κ1) is 19.5. The zero-order chi connectivity index (χ0) is 18.5. The number of primary amides is 1. The summed E-state index contributed by atoms with van der Waals surface area (Å²) < 4.78 is 31.7. The second-order valence-corrected chi connectivity index (χ2v) is 5.84.